The van der Waals surface area contributed by atoms with E-state index in [0.717, 1.165) is 16.6 Å². The number of aryl methyl sites for hydroxylation is 1. The number of para-hydroxylation sites is 1. The molecule has 0 aliphatic carbocycles. The lowest BCUT2D eigenvalue weighted by molar-refractivity contribution is 0.0746. The number of piperazine rings is 1. The van der Waals surface area contributed by atoms with Gasteiger partial charge in [-0.2, -0.15) is 5.26 Å². The summed E-state index contributed by atoms with van der Waals surface area (Å²) in [4.78, 5) is 21.0. The minimum absolute atomic E-state index is 0.157. The van der Waals surface area contributed by atoms with Crippen molar-refractivity contribution < 1.29 is 9.18 Å². The minimum atomic E-state index is -0.364. The van der Waals surface area contributed by atoms with E-state index in [1.54, 1.807) is 30.0 Å². The Kier molecular flexibility index (Phi) is 4.66. The second kappa shape index (κ2) is 7.28. The number of nitrogens with zero attached hydrogens (tertiary/aromatic N) is 4. The van der Waals surface area contributed by atoms with Gasteiger partial charge in [0.15, 0.2) is 0 Å². The molecule has 1 saturated heterocycles. The topological polar surface area (TPSA) is 60.2 Å². The molecular formula is C22H19FN4O. The van der Waals surface area contributed by atoms with Gasteiger partial charge < -0.3 is 9.80 Å². The van der Waals surface area contributed by atoms with E-state index in [0.29, 0.717) is 43.0 Å². The Balaban J connectivity index is 1.55. The second-order valence-corrected chi connectivity index (χ2v) is 6.90. The minimum Gasteiger partial charge on any atom is -0.367 e. The fraction of sp³-hybridized carbons (Fsp3) is 0.227. The number of carbonyl (C=O) groups excluding carboxylic acids is 1. The molecule has 0 radical (unpaired) electrons. The first kappa shape index (κ1) is 17.9. The van der Waals surface area contributed by atoms with Crippen molar-refractivity contribution in [2.75, 3.05) is 31.1 Å². The summed E-state index contributed by atoms with van der Waals surface area (Å²) >= 11 is 0. The lowest BCUT2D eigenvalue weighted by Crippen LogP contribution is -2.48. The summed E-state index contributed by atoms with van der Waals surface area (Å²) in [7, 11) is 0. The zero-order valence-electron chi connectivity index (χ0n) is 15.5. The smallest absolute Gasteiger partial charge is 0.254 e. The first-order valence-electron chi connectivity index (χ1n) is 9.17. The number of fused-ring (bicyclic) bond motifs is 1. The number of rotatable bonds is 2. The highest BCUT2D eigenvalue weighted by Gasteiger charge is 2.24. The molecule has 1 fully saturated rings. The Morgan fingerprint density at radius 2 is 1.86 bits per heavy atom. The van der Waals surface area contributed by atoms with Crippen LogP contribution in [0.4, 0.5) is 10.1 Å². The van der Waals surface area contributed by atoms with Gasteiger partial charge >= 0.3 is 0 Å². The van der Waals surface area contributed by atoms with Gasteiger partial charge in [-0.3, -0.25) is 4.79 Å². The van der Waals surface area contributed by atoms with Gasteiger partial charge in [-0.25, -0.2) is 9.37 Å². The van der Waals surface area contributed by atoms with Crippen LogP contribution in [-0.2, 0) is 0 Å². The van der Waals surface area contributed by atoms with Crippen LogP contribution in [0.5, 0.6) is 0 Å². The quantitative estimate of drug-likeness (QED) is 0.689. The SMILES string of the molecule is Cc1ccc(C(=O)N2CCN(c3cc(C#N)nc4ccccc34)CC2)cc1F. The summed E-state index contributed by atoms with van der Waals surface area (Å²) < 4.78 is 13.8. The third kappa shape index (κ3) is 3.27. The molecule has 6 heteroatoms. The van der Waals surface area contributed by atoms with Crippen molar-refractivity contribution in [3.05, 3.63) is 71.2 Å². The summed E-state index contributed by atoms with van der Waals surface area (Å²) in [5.41, 5.74) is 3.01. The summed E-state index contributed by atoms with van der Waals surface area (Å²) in [6.07, 6.45) is 0. The number of aromatic nitrogens is 1. The second-order valence-electron chi connectivity index (χ2n) is 6.90. The van der Waals surface area contributed by atoms with Crippen LogP contribution >= 0.6 is 0 Å². The van der Waals surface area contributed by atoms with Crippen molar-refractivity contribution in [3.63, 3.8) is 0 Å². The number of pyridine rings is 1. The van der Waals surface area contributed by atoms with Crippen LogP contribution in [-0.4, -0.2) is 42.0 Å². The van der Waals surface area contributed by atoms with E-state index in [-0.39, 0.29) is 11.7 Å². The summed E-state index contributed by atoms with van der Waals surface area (Å²) in [5, 5.41) is 10.3. The van der Waals surface area contributed by atoms with Gasteiger partial charge in [0, 0.05) is 42.8 Å². The largest absolute Gasteiger partial charge is 0.367 e. The molecule has 2 heterocycles. The Bertz CT molecular complexity index is 1100. The van der Waals surface area contributed by atoms with E-state index in [1.165, 1.54) is 6.07 Å². The molecule has 1 amide bonds. The molecular weight excluding hydrogens is 355 g/mol. The van der Waals surface area contributed by atoms with Crippen LogP contribution in [0.1, 0.15) is 21.6 Å². The summed E-state index contributed by atoms with van der Waals surface area (Å²) in [6, 6.07) is 16.3. The van der Waals surface area contributed by atoms with Gasteiger partial charge in [-0.15, -0.1) is 0 Å². The zero-order chi connectivity index (χ0) is 19.7. The molecule has 2 aromatic carbocycles. The molecule has 3 aromatic rings. The Morgan fingerprint density at radius 3 is 2.57 bits per heavy atom. The standard InChI is InChI=1S/C22H19FN4O/c1-15-6-7-16(12-19(15)23)22(28)27-10-8-26(9-11-27)21-13-17(14-24)25-20-5-3-2-4-18(20)21/h2-7,12-13H,8-11H2,1H3. The number of amides is 1. The lowest BCUT2D eigenvalue weighted by atomic mass is 10.1. The molecule has 140 valence electrons. The van der Waals surface area contributed by atoms with Crippen LogP contribution in [0.15, 0.2) is 48.5 Å². The Morgan fingerprint density at radius 1 is 1.11 bits per heavy atom. The van der Waals surface area contributed by atoms with Gasteiger partial charge in [0.25, 0.3) is 5.91 Å². The molecule has 0 N–H and O–H groups in total. The van der Waals surface area contributed by atoms with Crippen molar-refractivity contribution >= 4 is 22.5 Å². The van der Waals surface area contributed by atoms with E-state index < -0.39 is 0 Å². The van der Waals surface area contributed by atoms with E-state index in [2.05, 4.69) is 16.0 Å². The third-order valence-electron chi connectivity index (χ3n) is 5.14. The van der Waals surface area contributed by atoms with Crippen LogP contribution in [0.25, 0.3) is 10.9 Å². The van der Waals surface area contributed by atoms with Crippen molar-refractivity contribution in [2.24, 2.45) is 0 Å². The Labute approximate surface area is 162 Å². The van der Waals surface area contributed by atoms with E-state index in [4.69, 9.17) is 0 Å². The number of hydrogen-bond donors (Lipinski definition) is 0. The van der Waals surface area contributed by atoms with Crippen molar-refractivity contribution in [1.29, 1.82) is 5.26 Å². The number of benzene rings is 2. The predicted molar refractivity (Wildman–Crippen MR) is 106 cm³/mol. The maximum absolute atomic E-state index is 13.8. The van der Waals surface area contributed by atoms with Crippen LogP contribution < -0.4 is 4.90 Å². The molecule has 1 aliphatic rings. The molecule has 28 heavy (non-hydrogen) atoms. The van der Waals surface area contributed by atoms with Gasteiger partial charge in [-0.05, 0) is 36.8 Å². The molecule has 4 rings (SSSR count). The number of hydrogen-bond acceptors (Lipinski definition) is 4. The molecule has 0 spiro atoms. The van der Waals surface area contributed by atoms with Gasteiger partial charge in [-0.1, -0.05) is 24.3 Å². The highest BCUT2D eigenvalue weighted by Crippen LogP contribution is 2.28. The van der Waals surface area contributed by atoms with Crippen molar-refractivity contribution in [2.45, 2.75) is 6.92 Å². The van der Waals surface area contributed by atoms with Gasteiger partial charge in [0.05, 0.1) is 5.52 Å². The number of nitriles is 1. The van der Waals surface area contributed by atoms with E-state index in [9.17, 15) is 14.4 Å². The summed E-state index contributed by atoms with van der Waals surface area (Å²) in [5.74, 6) is -0.521. The number of carbonyl (C=O) groups is 1. The average Bonchev–Trinajstić information content (AvgIpc) is 2.74. The highest BCUT2D eigenvalue weighted by atomic mass is 19.1. The highest BCUT2D eigenvalue weighted by molar-refractivity contribution is 5.95. The molecule has 0 bridgehead atoms. The lowest BCUT2D eigenvalue weighted by Gasteiger charge is -2.36. The van der Waals surface area contributed by atoms with Gasteiger partial charge in [0.1, 0.15) is 17.6 Å². The molecule has 5 nitrogen and oxygen atoms in total. The monoisotopic (exact) mass is 374 g/mol. The first-order chi connectivity index (χ1) is 13.6. The zero-order valence-corrected chi connectivity index (χ0v) is 15.5. The maximum atomic E-state index is 13.8. The predicted octanol–water partition coefficient (Wildman–Crippen LogP) is 3.52. The summed E-state index contributed by atoms with van der Waals surface area (Å²) in [6.45, 7) is 4.02. The third-order valence-corrected chi connectivity index (χ3v) is 5.14. The van der Waals surface area contributed by atoms with E-state index in [1.807, 2.05) is 24.3 Å². The number of anilines is 1. The molecule has 0 unspecified atom stereocenters. The molecule has 1 aromatic heterocycles. The van der Waals surface area contributed by atoms with Crippen molar-refractivity contribution in [3.8, 4) is 6.07 Å². The fourth-order valence-corrected chi connectivity index (χ4v) is 3.53. The first-order valence-corrected chi connectivity index (χ1v) is 9.17. The molecule has 0 atom stereocenters. The van der Waals surface area contributed by atoms with Gasteiger partial charge in [0.2, 0.25) is 0 Å². The average molecular weight is 374 g/mol. The number of halogens is 1. The molecule has 1 aliphatic heterocycles. The van der Waals surface area contributed by atoms with Crippen molar-refractivity contribution in [1.82, 2.24) is 9.88 Å². The van der Waals surface area contributed by atoms with Crippen LogP contribution in [0.3, 0.4) is 0 Å². The van der Waals surface area contributed by atoms with Crippen LogP contribution in [0.2, 0.25) is 0 Å². The Hall–Kier alpha value is -3.46. The van der Waals surface area contributed by atoms with Crippen LogP contribution in [0, 0.1) is 24.1 Å². The van der Waals surface area contributed by atoms with E-state index >= 15 is 0 Å². The maximum Gasteiger partial charge on any atom is 0.254 e. The normalized spacial score (nSPS) is 14.2. The fourth-order valence-electron chi connectivity index (χ4n) is 3.53. The molecule has 0 saturated carbocycles.